The number of nitrogens with one attached hydrogen (secondary N) is 1. The first kappa shape index (κ1) is 27.6. The minimum absolute atomic E-state index is 0.141. The van der Waals surface area contributed by atoms with Crippen LogP contribution >= 0.6 is 35.1 Å². The number of hydrogen-bond donors (Lipinski definition) is 1. The second kappa shape index (κ2) is 11.2. The zero-order valence-corrected chi connectivity index (χ0v) is 20.7. The van der Waals surface area contributed by atoms with Crippen LogP contribution in [-0.4, -0.2) is 56.1 Å². The summed E-state index contributed by atoms with van der Waals surface area (Å²) < 4.78 is 76.8. The van der Waals surface area contributed by atoms with Crippen molar-refractivity contribution in [3.05, 3.63) is 33.1 Å². The average molecular weight is 543 g/mol. The van der Waals surface area contributed by atoms with Crippen LogP contribution in [0.3, 0.4) is 0 Å². The summed E-state index contributed by atoms with van der Waals surface area (Å²) in [6.45, 7) is -0.446. The summed E-state index contributed by atoms with van der Waals surface area (Å²) in [6, 6.07) is 1.12. The molecule has 32 heavy (non-hydrogen) atoms. The Bertz CT molecular complexity index is 1040. The zero-order chi connectivity index (χ0) is 24.2. The van der Waals surface area contributed by atoms with Crippen LogP contribution in [0.25, 0.3) is 0 Å². The average Bonchev–Trinajstić information content (AvgIpc) is 3.12. The van der Waals surface area contributed by atoms with E-state index in [1.54, 1.807) is 0 Å². The number of rotatable bonds is 12. The highest BCUT2D eigenvalue weighted by molar-refractivity contribution is 7.67. The highest BCUT2D eigenvalue weighted by Crippen LogP contribution is 2.72. The third-order valence-electron chi connectivity index (χ3n) is 3.97. The van der Waals surface area contributed by atoms with E-state index < -0.39 is 59.0 Å². The molecule has 0 amide bonds. The van der Waals surface area contributed by atoms with Gasteiger partial charge in [-0.2, -0.15) is 8.62 Å². The van der Waals surface area contributed by atoms with Crippen LogP contribution in [0.15, 0.2) is 21.9 Å². The molecule has 2 rings (SSSR count). The summed E-state index contributed by atoms with van der Waals surface area (Å²) in [6.07, 6.45) is -0.410. The van der Waals surface area contributed by atoms with Gasteiger partial charge in [0.2, 0.25) is 0 Å². The standard InChI is InChI=1S/C13H22ClN2O13P3/c1-22-30(19,23-2)28-32(21,25-4)29-31(20,24-3)26-8-9-7-10(14)12(27-9)16-6-5-11(17)15-13(16)18/h5-6,9-10,12H,7-8H2,1-4H3,(H,15,17,18). The van der Waals surface area contributed by atoms with Gasteiger partial charge < -0.3 is 4.74 Å². The van der Waals surface area contributed by atoms with E-state index in [9.17, 15) is 23.3 Å². The van der Waals surface area contributed by atoms with Gasteiger partial charge in [0.15, 0.2) is 6.23 Å². The molecule has 0 spiro atoms. The number of ether oxygens (including phenoxy) is 1. The fraction of sp³-hybridized carbons (Fsp3) is 0.692. The smallest absolute Gasteiger partial charge is 0.351 e. The van der Waals surface area contributed by atoms with Gasteiger partial charge in [-0.1, -0.05) is 0 Å². The summed E-state index contributed by atoms with van der Waals surface area (Å²) in [7, 11) is -10.1. The highest BCUT2D eigenvalue weighted by Gasteiger charge is 2.46. The lowest BCUT2D eigenvalue weighted by atomic mass is 10.2. The van der Waals surface area contributed by atoms with Crippen molar-refractivity contribution in [2.75, 3.05) is 35.0 Å². The number of alkyl halides is 1. The maximum absolute atomic E-state index is 12.7. The van der Waals surface area contributed by atoms with E-state index in [0.717, 1.165) is 39.1 Å². The van der Waals surface area contributed by atoms with Gasteiger partial charge in [0.25, 0.3) is 5.56 Å². The fourth-order valence-corrected chi connectivity index (χ4v) is 7.28. The minimum atomic E-state index is -4.81. The van der Waals surface area contributed by atoms with E-state index in [2.05, 4.69) is 27.4 Å². The van der Waals surface area contributed by atoms with Crippen molar-refractivity contribution >= 4 is 35.1 Å². The van der Waals surface area contributed by atoms with Gasteiger partial charge in [-0.25, -0.2) is 18.5 Å². The topological polar surface area (TPSA) is 180 Å². The number of phosphoric acid groups is 3. The van der Waals surface area contributed by atoms with Crippen molar-refractivity contribution in [3.8, 4) is 0 Å². The van der Waals surface area contributed by atoms with Crippen molar-refractivity contribution < 1.29 is 49.7 Å². The van der Waals surface area contributed by atoms with E-state index >= 15 is 0 Å². The van der Waals surface area contributed by atoms with Crippen molar-refractivity contribution in [1.29, 1.82) is 0 Å². The SMILES string of the molecule is COP(=O)(OC)OP(=O)(OC)OP(=O)(OC)OCC1CC(Cl)C(n2ccc(=O)[nH]c2=O)O1. The van der Waals surface area contributed by atoms with Crippen LogP contribution in [0.2, 0.25) is 0 Å². The normalized spacial score (nSPS) is 25.3. The third kappa shape index (κ3) is 6.92. The highest BCUT2D eigenvalue weighted by atomic mass is 35.5. The first-order valence-corrected chi connectivity index (χ1v) is 13.4. The second-order valence-corrected chi connectivity index (χ2v) is 12.2. The molecule has 0 aliphatic carbocycles. The second-order valence-electron chi connectivity index (χ2n) is 5.95. The fourth-order valence-electron chi connectivity index (χ4n) is 2.43. The molecule has 5 atom stereocenters. The molecule has 0 bridgehead atoms. The Morgan fingerprint density at radius 3 is 2.12 bits per heavy atom. The number of nitrogens with zero attached hydrogens (tertiary/aromatic N) is 1. The van der Waals surface area contributed by atoms with E-state index in [-0.39, 0.29) is 6.42 Å². The first-order chi connectivity index (χ1) is 14.9. The summed E-state index contributed by atoms with van der Waals surface area (Å²) >= 11 is 6.23. The van der Waals surface area contributed by atoms with Gasteiger partial charge in [0.05, 0.1) is 18.1 Å². The van der Waals surface area contributed by atoms with Gasteiger partial charge in [-0.05, 0) is 6.42 Å². The molecule has 5 unspecified atom stereocenters. The number of H-pyrrole nitrogens is 1. The molecule has 1 N–H and O–H groups in total. The van der Waals surface area contributed by atoms with E-state index in [1.165, 1.54) is 6.20 Å². The maximum atomic E-state index is 12.7. The molecule has 0 aromatic carbocycles. The Kier molecular flexibility index (Phi) is 9.63. The Morgan fingerprint density at radius 1 is 1.03 bits per heavy atom. The molecule has 1 aromatic heterocycles. The zero-order valence-electron chi connectivity index (χ0n) is 17.3. The quantitative estimate of drug-likeness (QED) is 0.300. The lowest BCUT2D eigenvalue weighted by molar-refractivity contribution is -0.0244. The molecular weight excluding hydrogens is 521 g/mol. The van der Waals surface area contributed by atoms with Crippen LogP contribution in [0.4, 0.5) is 0 Å². The molecule has 0 saturated carbocycles. The Morgan fingerprint density at radius 2 is 1.59 bits per heavy atom. The molecule has 184 valence electrons. The molecule has 1 aromatic rings. The Labute approximate surface area is 187 Å². The third-order valence-corrected chi connectivity index (χ3v) is 9.82. The van der Waals surface area contributed by atoms with Crippen LogP contribution in [0.1, 0.15) is 12.6 Å². The molecule has 1 aliphatic rings. The van der Waals surface area contributed by atoms with E-state index in [1.807, 2.05) is 0 Å². The number of aromatic nitrogens is 2. The van der Waals surface area contributed by atoms with Crippen molar-refractivity contribution in [2.24, 2.45) is 0 Å². The molecule has 0 radical (unpaired) electrons. The van der Waals surface area contributed by atoms with Crippen LogP contribution < -0.4 is 11.2 Å². The maximum Gasteiger partial charge on any atom is 0.492 e. The number of aromatic amines is 1. The number of halogens is 1. The minimum Gasteiger partial charge on any atom is -0.351 e. The van der Waals surface area contributed by atoms with Gasteiger partial charge >= 0.3 is 29.2 Å². The van der Waals surface area contributed by atoms with E-state index in [4.69, 9.17) is 25.2 Å². The van der Waals surface area contributed by atoms with Gasteiger partial charge in [-0.15, -0.1) is 11.6 Å². The van der Waals surface area contributed by atoms with Crippen molar-refractivity contribution in [3.63, 3.8) is 0 Å². The Balaban J connectivity index is 2.08. The number of phosphoric ester groups is 2. The van der Waals surface area contributed by atoms with Crippen molar-refractivity contribution in [2.45, 2.75) is 24.1 Å². The lowest BCUT2D eigenvalue weighted by Gasteiger charge is -2.23. The van der Waals surface area contributed by atoms with Gasteiger partial charge in [0, 0.05) is 40.7 Å². The first-order valence-electron chi connectivity index (χ1n) is 8.63. The molecule has 19 heteroatoms. The van der Waals surface area contributed by atoms with Crippen LogP contribution in [0.5, 0.6) is 0 Å². The summed E-state index contributed by atoms with van der Waals surface area (Å²) in [5.41, 5.74) is -1.33. The van der Waals surface area contributed by atoms with Gasteiger partial charge in [-0.3, -0.25) is 37.0 Å². The Hall–Kier alpha value is -0.660. The summed E-state index contributed by atoms with van der Waals surface area (Å²) in [4.78, 5) is 25.2. The molecule has 1 aliphatic heterocycles. The van der Waals surface area contributed by atoms with Crippen LogP contribution in [-0.2, 0) is 49.7 Å². The molecule has 1 fully saturated rings. The monoisotopic (exact) mass is 542 g/mol. The predicted molar refractivity (Wildman–Crippen MR) is 108 cm³/mol. The predicted octanol–water partition coefficient (Wildman–Crippen LogP) is 2.39. The number of hydrogen-bond acceptors (Lipinski definition) is 13. The van der Waals surface area contributed by atoms with Crippen molar-refractivity contribution in [1.82, 2.24) is 9.55 Å². The van der Waals surface area contributed by atoms with Gasteiger partial charge in [0.1, 0.15) is 0 Å². The molecule has 1 saturated heterocycles. The summed E-state index contributed by atoms with van der Waals surface area (Å²) in [5.74, 6) is 0. The lowest BCUT2D eigenvalue weighted by Crippen LogP contribution is -2.33. The molecule has 2 heterocycles. The molecule has 15 nitrogen and oxygen atoms in total. The summed E-state index contributed by atoms with van der Waals surface area (Å²) in [5, 5.41) is -0.710. The van der Waals surface area contributed by atoms with E-state index in [0.29, 0.717) is 0 Å². The largest absolute Gasteiger partial charge is 0.492 e. The molecular formula is C13H22ClN2O13P3. The van der Waals surface area contributed by atoms with Crippen LogP contribution in [0, 0.1) is 0 Å².